The summed E-state index contributed by atoms with van der Waals surface area (Å²) in [5.41, 5.74) is 2.18. The quantitative estimate of drug-likeness (QED) is 0.354. The summed E-state index contributed by atoms with van der Waals surface area (Å²) < 4.78 is 7.36. The third-order valence-corrected chi connectivity index (χ3v) is 5.34. The van der Waals surface area contributed by atoms with E-state index in [0.29, 0.717) is 22.6 Å². The number of benzene rings is 1. The van der Waals surface area contributed by atoms with Gasteiger partial charge in [-0.15, -0.1) is 11.3 Å². The van der Waals surface area contributed by atoms with E-state index < -0.39 is 4.92 Å². The minimum Gasteiger partial charge on any atom is -0.376 e. The lowest BCUT2D eigenvalue weighted by Gasteiger charge is -2.05. The summed E-state index contributed by atoms with van der Waals surface area (Å²) >= 11 is 1.44. The van der Waals surface area contributed by atoms with Gasteiger partial charge in [-0.1, -0.05) is 18.2 Å². The van der Waals surface area contributed by atoms with Gasteiger partial charge in [0.2, 0.25) is 4.80 Å². The highest BCUT2D eigenvalue weighted by molar-refractivity contribution is 7.07. The van der Waals surface area contributed by atoms with E-state index in [4.69, 9.17) is 9.73 Å². The van der Waals surface area contributed by atoms with Gasteiger partial charge in [-0.3, -0.25) is 20.1 Å². The lowest BCUT2D eigenvalue weighted by Crippen LogP contribution is -2.17. The summed E-state index contributed by atoms with van der Waals surface area (Å²) in [5.74, 6) is 0. The molecule has 1 aromatic carbocycles. The molecule has 2 aromatic heterocycles. The van der Waals surface area contributed by atoms with Crippen LogP contribution in [-0.2, 0) is 4.74 Å². The predicted molar refractivity (Wildman–Crippen MR) is 111 cm³/mol. The Labute approximate surface area is 171 Å². The Hall–Kier alpha value is -3.17. The number of non-ortho nitro benzene ring substituents is 1. The van der Waals surface area contributed by atoms with E-state index in [0.717, 1.165) is 25.1 Å². The third-order valence-electron chi connectivity index (χ3n) is 4.49. The fourth-order valence-corrected chi connectivity index (χ4v) is 3.88. The Morgan fingerprint density at radius 1 is 1.34 bits per heavy atom. The zero-order valence-corrected chi connectivity index (χ0v) is 16.4. The van der Waals surface area contributed by atoms with Gasteiger partial charge in [-0.25, -0.2) is 4.68 Å². The smallest absolute Gasteiger partial charge is 0.270 e. The molecule has 0 aliphatic carbocycles. The number of rotatable bonds is 6. The number of nitro groups is 1. The van der Waals surface area contributed by atoms with Crippen molar-refractivity contribution in [2.45, 2.75) is 18.9 Å². The molecule has 0 saturated carbocycles. The van der Waals surface area contributed by atoms with Crippen LogP contribution in [0, 0.1) is 10.1 Å². The summed E-state index contributed by atoms with van der Waals surface area (Å²) in [5, 5.41) is 17.6. The summed E-state index contributed by atoms with van der Waals surface area (Å²) in [6, 6.07) is 12.1. The Balaban J connectivity index is 1.74. The molecule has 148 valence electrons. The number of nitro benzene ring substituents is 1. The number of nitrogens with zero attached hydrogens (tertiary/aromatic N) is 5. The van der Waals surface area contributed by atoms with Crippen LogP contribution in [0.15, 0.2) is 64.1 Å². The lowest BCUT2D eigenvalue weighted by atomic mass is 10.1. The van der Waals surface area contributed by atoms with E-state index in [-0.39, 0.29) is 11.8 Å². The largest absolute Gasteiger partial charge is 0.376 e. The molecule has 1 fully saturated rings. The average Bonchev–Trinajstić information content (AvgIpc) is 3.41. The number of ether oxygens (including phenoxy) is 1. The van der Waals surface area contributed by atoms with Crippen LogP contribution < -0.4 is 4.80 Å². The molecule has 0 N–H and O–H groups in total. The zero-order chi connectivity index (χ0) is 20.1. The van der Waals surface area contributed by atoms with Crippen molar-refractivity contribution in [3.63, 3.8) is 0 Å². The lowest BCUT2D eigenvalue weighted by molar-refractivity contribution is -0.384. The molecule has 1 aliphatic rings. The number of aromatic nitrogens is 2. The van der Waals surface area contributed by atoms with Crippen LogP contribution in [0.4, 0.5) is 5.69 Å². The monoisotopic (exact) mass is 409 g/mol. The van der Waals surface area contributed by atoms with Gasteiger partial charge in [-0.05, 0) is 25.0 Å². The predicted octanol–water partition coefficient (Wildman–Crippen LogP) is 3.48. The highest BCUT2D eigenvalue weighted by atomic mass is 32.1. The molecule has 9 heteroatoms. The number of thiazole rings is 1. The Bertz CT molecular complexity index is 1080. The van der Waals surface area contributed by atoms with Gasteiger partial charge in [0.05, 0.1) is 35.2 Å². The van der Waals surface area contributed by atoms with Crippen LogP contribution in [0.25, 0.3) is 11.3 Å². The molecule has 1 saturated heterocycles. The van der Waals surface area contributed by atoms with Gasteiger partial charge >= 0.3 is 0 Å². The molecule has 0 amide bonds. The van der Waals surface area contributed by atoms with Crippen molar-refractivity contribution in [1.82, 2.24) is 9.66 Å². The van der Waals surface area contributed by atoms with Crippen LogP contribution in [-0.4, -0.2) is 40.1 Å². The highest BCUT2D eigenvalue weighted by Gasteiger charge is 2.16. The maximum Gasteiger partial charge on any atom is 0.270 e. The second-order valence-electron chi connectivity index (χ2n) is 6.50. The van der Waals surface area contributed by atoms with Crippen LogP contribution in [0.5, 0.6) is 0 Å². The van der Waals surface area contributed by atoms with E-state index in [1.54, 1.807) is 29.2 Å². The molecule has 0 spiro atoms. The van der Waals surface area contributed by atoms with Crippen molar-refractivity contribution < 1.29 is 9.66 Å². The molecule has 8 nitrogen and oxygen atoms in total. The maximum absolute atomic E-state index is 11.2. The van der Waals surface area contributed by atoms with Crippen molar-refractivity contribution in [3.05, 3.63) is 74.7 Å². The fraction of sp³-hybridized carbons (Fsp3) is 0.250. The number of hydrogen-bond acceptors (Lipinski definition) is 7. The maximum atomic E-state index is 11.2. The minimum absolute atomic E-state index is 0.0341. The molecule has 1 atom stereocenters. The summed E-state index contributed by atoms with van der Waals surface area (Å²) in [6.45, 7) is 1.34. The molecular formula is C20H19N5O3S. The van der Waals surface area contributed by atoms with Crippen molar-refractivity contribution in [1.29, 1.82) is 0 Å². The molecule has 4 rings (SSSR count). The van der Waals surface area contributed by atoms with Gasteiger partial charge in [0.25, 0.3) is 5.69 Å². The summed E-state index contributed by atoms with van der Waals surface area (Å²) in [7, 11) is 0. The number of hydrogen-bond donors (Lipinski definition) is 0. The van der Waals surface area contributed by atoms with Crippen molar-refractivity contribution >= 4 is 23.2 Å². The van der Waals surface area contributed by atoms with E-state index in [1.165, 1.54) is 17.4 Å². The first-order valence-corrected chi connectivity index (χ1v) is 10.1. The second-order valence-corrected chi connectivity index (χ2v) is 7.33. The SMILES string of the molecule is O=[N+]([O-])c1cccc(-c2csc(=NC[C@H]3CCCO3)n2/N=C\c2ccccn2)c1. The van der Waals surface area contributed by atoms with Crippen LogP contribution in [0.1, 0.15) is 18.5 Å². The molecular weight excluding hydrogens is 390 g/mol. The van der Waals surface area contributed by atoms with E-state index in [2.05, 4.69) is 10.1 Å². The fourth-order valence-electron chi connectivity index (χ4n) is 3.03. The van der Waals surface area contributed by atoms with Crippen LogP contribution in [0.3, 0.4) is 0 Å². The third kappa shape index (κ3) is 4.64. The normalized spacial score (nSPS) is 17.2. The molecule has 29 heavy (non-hydrogen) atoms. The van der Waals surface area contributed by atoms with Crippen LogP contribution >= 0.6 is 11.3 Å². The van der Waals surface area contributed by atoms with Gasteiger partial charge in [0.15, 0.2) is 0 Å². The zero-order valence-electron chi connectivity index (χ0n) is 15.5. The number of pyridine rings is 1. The molecule has 3 heterocycles. The Morgan fingerprint density at radius 3 is 3.03 bits per heavy atom. The second kappa shape index (κ2) is 8.89. The van der Waals surface area contributed by atoms with E-state index >= 15 is 0 Å². The molecule has 0 bridgehead atoms. The molecule has 0 unspecified atom stereocenters. The summed E-state index contributed by atoms with van der Waals surface area (Å²) in [4.78, 5) is 20.4. The van der Waals surface area contributed by atoms with Crippen molar-refractivity contribution in [3.8, 4) is 11.3 Å². The summed E-state index contributed by atoms with van der Waals surface area (Å²) in [6.07, 6.45) is 5.54. The first-order chi connectivity index (χ1) is 14.2. The minimum atomic E-state index is -0.403. The molecule has 1 aliphatic heterocycles. The van der Waals surface area contributed by atoms with Gasteiger partial charge in [-0.2, -0.15) is 5.10 Å². The Morgan fingerprint density at radius 2 is 2.28 bits per heavy atom. The van der Waals surface area contributed by atoms with Crippen molar-refractivity contribution in [2.24, 2.45) is 10.1 Å². The van der Waals surface area contributed by atoms with Gasteiger partial charge in [0.1, 0.15) is 0 Å². The topological polar surface area (TPSA) is 94.9 Å². The molecule has 0 radical (unpaired) electrons. The van der Waals surface area contributed by atoms with E-state index in [9.17, 15) is 10.1 Å². The van der Waals surface area contributed by atoms with E-state index in [1.807, 2.05) is 29.6 Å². The first-order valence-electron chi connectivity index (χ1n) is 9.23. The first kappa shape index (κ1) is 19.2. The standard InChI is InChI=1S/C20H19N5O3S/c26-25(27)17-7-3-5-15(11-17)19-14-29-20(22-13-18-8-4-10-28-18)24(19)23-12-16-6-1-2-9-21-16/h1-3,5-7,9,11-12,14,18H,4,8,10,13H2/b22-20?,23-12-/t18-/m1/s1. The Kier molecular flexibility index (Phi) is 5.87. The molecule has 3 aromatic rings. The van der Waals surface area contributed by atoms with Gasteiger partial charge < -0.3 is 4.74 Å². The van der Waals surface area contributed by atoms with Crippen molar-refractivity contribution in [2.75, 3.05) is 13.2 Å². The van der Waals surface area contributed by atoms with Gasteiger partial charge in [0, 0.05) is 35.9 Å². The van der Waals surface area contributed by atoms with Crippen LogP contribution in [0.2, 0.25) is 0 Å². The average molecular weight is 409 g/mol. The highest BCUT2D eigenvalue weighted by Crippen LogP contribution is 2.24.